The highest BCUT2D eigenvalue weighted by molar-refractivity contribution is 5.80. The van der Waals surface area contributed by atoms with Gasteiger partial charge in [-0.3, -0.25) is 9.59 Å². The average molecular weight is 344 g/mol. The fraction of sp³-hybridized carbons (Fsp3) is 0.619. The van der Waals surface area contributed by atoms with E-state index in [1.54, 1.807) is 0 Å². The molecule has 1 aromatic rings. The lowest BCUT2D eigenvalue weighted by molar-refractivity contribution is -0.135. The number of carbonyl (C=O) groups excluding carboxylic acids is 2. The molecule has 0 unspecified atom stereocenters. The fourth-order valence-corrected chi connectivity index (χ4v) is 3.64. The molecule has 1 saturated heterocycles. The van der Waals surface area contributed by atoms with Crippen molar-refractivity contribution in [3.8, 4) is 0 Å². The first kappa shape index (κ1) is 19.5. The number of amides is 2. The topological polar surface area (TPSA) is 49.4 Å². The molecule has 0 aromatic heterocycles. The molecule has 2 rings (SSSR count). The maximum Gasteiger partial charge on any atom is 0.223 e. The molecule has 25 heavy (non-hydrogen) atoms. The summed E-state index contributed by atoms with van der Waals surface area (Å²) >= 11 is 0. The van der Waals surface area contributed by atoms with Crippen LogP contribution in [0.1, 0.15) is 57.6 Å². The zero-order valence-electron chi connectivity index (χ0n) is 16.1. The quantitative estimate of drug-likeness (QED) is 0.859. The highest BCUT2D eigenvalue weighted by Gasteiger charge is 2.29. The molecule has 138 valence electrons. The summed E-state index contributed by atoms with van der Waals surface area (Å²) < 4.78 is 0. The highest BCUT2D eigenvalue weighted by atomic mass is 16.2. The Labute approximate surface area is 152 Å². The molecule has 1 heterocycles. The van der Waals surface area contributed by atoms with Crippen molar-refractivity contribution >= 4 is 11.8 Å². The molecule has 4 heteroatoms. The van der Waals surface area contributed by atoms with Gasteiger partial charge in [0, 0.05) is 37.4 Å². The van der Waals surface area contributed by atoms with Crippen LogP contribution >= 0.6 is 0 Å². The van der Waals surface area contributed by atoms with Crippen LogP contribution in [-0.4, -0.2) is 36.3 Å². The Balaban J connectivity index is 1.85. The van der Waals surface area contributed by atoms with Crippen LogP contribution in [0.25, 0.3) is 0 Å². The molecule has 0 aliphatic carbocycles. The van der Waals surface area contributed by atoms with Crippen molar-refractivity contribution in [2.24, 2.45) is 5.92 Å². The van der Waals surface area contributed by atoms with Gasteiger partial charge in [-0.25, -0.2) is 0 Å². The van der Waals surface area contributed by atoms with Gasteiger partial charge in [0.05, 0.1) is 0 Å². The third-order valence-corrected chi connectivity index (χ3v) is 5.26. The van der Waals surface area contributed by atoms with Gasteiger partial charge in [-0.1, -0.05) is 45.0 Å². The molecule has 0 spiro atoms. The number of hydrogen-bond acceptors (Lipinski definition) is 2. The second-order valence-corrected chi connectivity index (χ2v) is 7.82. The molecule has 1 fully saturated rings. The van der Waals surface area contributed by atoms with E-state index in [1.165, 1.54) is 11.1 Å². The van der Waals surface area contributed by atoms with Gasteiger partial charge in [-0.05, 0) is 37.3 Å². The van der Waals surface area contributed by atoms with E-state index < -0.39 is 0 Å². The van der Waals surface area contributed by atoms with Crippen molar-refractivity contribution in [3.05, 3.63) is 35.4 Å². The maximum atomic E-state index is 12.5. The van der Waals surface area contributed by atoms with Crippen LogP contribution < -0.4 is 5.32 Å². The molecular formula is C21H32N2O2. The third kappa shape index (κ3) is 5.07. The van der Waals surface area contributed by atoms with E-state index >= 15 is 0 Å². The molecule has 0 bridgehead atoms. The zero-order valence-corrected chi connectivity index (χ0v) is 16.1. The molecular weight excluding hydrogens is 312 g/mol. The van der Waals surface area contributed by atoms with Crippen molar-refractivity contribution in [1.29, 1.82) is 0 Å². The van der Waals surface area contributed by atoms with Crippen molar-refractivity contribution in [1.82, 2.24) is 10.2 Å². The predicted molar refractivity (Wildman–Crippen MR) is 101 cm³/mol. The van der Waals surface area contributed by atoms with Gasteiger partial charge in [-0.2, -0.15) is 0 Å². The number of nitrogens with zero attached hydrogens (tertiary/aromatic N) is 1. The summed E-state index contributed by atoms with van der Waals surface area (Å²) in [5, 5.41) is 3.15. The van der Waals surface area contributed by atoms with E-state index in [1.807, 2.05) is 17.9 Å². The number of rotatable bonds is 6. The van der Waals surface area contributed by atoms with Crippen LogP contribution in [0.2, 0.25) is 0 Å². The number of aryl methyl sites for hydroxylation is 1. The molecule has 1 aliphatic heterocycles. The van der Waals surface area contributed by atoms with Gasteiger partial charge in [0.2, 0.25) is 11.8 Å². The van der Waals surface area contributed by atoms with Crippen LogP contribution in [0.4, 0.5) is 0 Å². The van der Waals surface area contributed by atoms with E-state index in [0.717, 1.165) is 19.3 Å². The Morgan fingerprint density at radius 3 is 2.44 bits per heavy atom. The Morgan fingerprint density at radius 1 is 1.20 bits per heavy atom. The first-order chi connectivity index (χ1) is 11.8. The lowest BCUT2D eigenvalue weighted by atomic mass is 9.82. The molecule has 1 aliphatic rings. The Hall–Kier alpha value is -1.84. The number of benzene rings is 1. The van der Waals surface area contributed by atoms with Gasteiger partial charge in [-0.15, -0.1) is 0 Å². The first-order valence-corrected chi connectivity index (χ1v) is 9.46. The van der Waals surface area contributed by atoms with E-state index in [0.29, 0.717) is 26.1 Å². The zero-order chi connectivity index (χ0) is 18.4. The summed E-state index contributed by atoms with van der Waals surface area (Å²) in [6, 6.07) is 8.34. The van der Waals surface area contributed by atoms with Crippen molar-refractivity contribution in [2.75, 3.05) is 19.6 Å². The Kier molecular flexibility index (Phi) is 6.63. The normalized spacial score (nSPS) is 15.9. The fourth-order valence-electron chi connectivity index (χ4n) is 3.64. The summed E-state index contributed by atoms with van der Waals surface area (Å²) in [6.45, 7) is 10.5. The lowest BCUT2D eigenvalue weighted by Crippen LogP contribution is -2.45. The third-order valence-electron chi connectivity index (χ3n) is 5.26. The highest BCUT2D eigenvalue weighted by Crippen LogP contribution is 2.26. The van der Waals surface area contributed by atoms with Crippen LogP contribution in [-0.2, 0) is 15.0 Å². The number of hydrogen-bond donors (Lipinski definition) is 1. The van der Waals surface area contributed by atoms with Crippen LogP contribution in [0, 0.1) is 12.8 Å². The van der Waals surface area contributed by atoms with Gasteiger partial charge in [0.15, 0.2) is 0 Å². The number of nitrogens with one attached hydrogen (secondary N) is 1. The van der Waals surface area contributed by atoms with Crippen molar-refractivity contribution in [2.45, 2.75) is 58.8 Å². The van der Waals surface area contributed by atoms with E-state index in [4.69, 9.17) is 0 Å². The summed E-state index contributed by atoms with van der Waals surface area (Å²) in [5.74, 6) is 0.379. The summed E-state index contributed by atoms with van der Waals surface area (Å²) in [5.41, 5.74) is 2.43. The van der Waals surface area contributed by atoms with Gasteiger partial charge in [0.25, 0.3) is 0 Å². The molecule has 0 atom stereocenters. The lowest BCUT2D eigenvalue weighted by Gasteiger charge is -2.33. The molecule has 0 radical (unpaired) electrons. The van der Waals surface area contributed by atoms with Crippen LogP contribution in [0.5, 0.6) is 0 Å². The van der Waals surface area contributed by atoms with Crippen molar-refractivity contribution < 1.29 is 9.59 Å². The van der Waals surface area contributed by atoms with Crippen LogP contribution in [0.15, 0.2) is 24.3 Å². The summed E-state index contributed by atoms with van der Waals surface area (Å²) in [7, 11) is 0. The van der Waals surface area contributed by atoms with Gasteiger partial charge in [0.1, 0.15) is 0 Å². The smallest absolute Gasteiger partial charge is 0.223 e. The Bertz CT molecular complexity index is 602. The molecule has 1 aromatic carbocycles. The van der Waals surface area contributed by atoms with E-state index in [2.05, 4.69) is 44.3 Å². The SMILES string of the molecule is CCCC(=O)N1CCC(C(=O)NCC(C)(C)c2ccccc2C)CC1. The minimum atomic E-state index is -0.0984. The molecule has 0 saturated carbocycles. The molecule has 4 nitrogen and oxygen atoms in total. The monoisotopic (exact) mass is 344 g/mol. The number of carbonyl (C=O) groups is 2. The second kappa shape index (κ2) is 8.50. The molecule has 2 amide bonds. The summed E-state index contributed by atoms with van der Waals surface area (Å²) in [6.07, 6.45) is 3.03. The van der Waals surface area contributed by atoms with Gasteiger partial charge < -0.3 is 10.2 Å². The van der Waals surface area contributed by atoms with Crippen molar-refractivity contribution in [3.63, 3.8) is 0 Å². The van der Waals surface area contributed by atoms with E-state index in [9.17, 15) is 9.59 Å². The maximum absolute atomic E-state index is 12.5. The largest absolute Gasteiger partial charge is 0.355 e. The van der Waals surface area contributed by atoms with Crippen LogP contribution in [0.3, 0.4) is 0 Å². The second-order valence-electron chi connectivity index (χ2n) is 7.82. The average Bonchev–Trinajstić information content (AvgIpc) is 2.60. The predicted octanol–water partition coefficient (Wildman–Crippen LogP) is 3.43. The van der Waals surface area contributed by atoms with Gasteiger partial charge >= 0.3 is 0 Å². The Morgan fingerprint density at radius 2 is 1.84 bits per heavy atom. The first-order valence-electron chi connectivity index (χ1n) is 9.46. The standard InChI is InChI=1S/C21H32N2O2/c1-5-8-19(24)23-13-11-17(12-14-23)20(25)22-15-21(3,4)18-10-7-6-9-16(18)2/h6-7,9-10,17H,5,8,11-15H2,1-4H3,(H,22,25). The minimum absolute atomic E-state index is 0.0262. The summed E-state index contributed by atoms with van der Waals surface area (Å²) in [4.78, 5) is 26.4. The number of piperidine rings is 1. The molecule has 1 N–H and O–H groups in total. The minimum Gasteiger partial charge on any atom is -0.355 e. The number of likely N-dealkylation sites (tertiary alicyclic amines) is 1. The van der Waals surface area contributed by atoms with E-state index in [-0.39, 0.29) is 23.1 Å².